The Morgan fingerprint density at radius 3 is 3.15 bits per heavy atom. The molecule has 0 aromatic heterocycles. The Balaban J connectivity index is 1.77. The molecule has 0 radical (unpaired) electrons. The number of alkyl halides is 1. The summed E-state index contributed by atoms with van der Waals surface area (Å²) in [6.45, 7) is 1.50. The van der Waals surface area contributed by atoms with Crippen molar-refractivity contribution in [1.29, 1.82) is 0 Å². The number of benzene rings is 1. The molecule has 0 saturated heterocycles. The van der Waals surface area contributed by atoms with E-state index in [9.17, 15) is 4.79 Å². The highest BCUT2D eigenvalue weighted by Gasteiger charge is 2.25. The molecule has 1 N–H and O–H groups in total. The summed E-state index contributed by atoms with van der Waals surface area (Å²) in [6.07, 6.45) is 1.43. The fourth-order valence-electron chi connectivity index (χ4n) is 2.26. The average Bonchev–Trinajstić information content (AvgIpc) is 2.47. The molecule has 1 amide bonds. The summed E-state index contributed by atoms with van der Waals surface area (Å²) < 4.78 is 10.6. The van der Waals surface area contributed by atoms with Crippen LogP contribution in [0.15, 0.2) is 24.3 Å². The molecule has 1 aromatic rings. The van der Waals surface area contributed by atoms with E-state index in [0.29, 0.717) is 26.2 Å². The van der Waals surface area contributed by atoms with Crippen LogP contribution >= 0.6 is 11.6 Å². The molecule has 110 valence electrons. The lowest BCUT2D eigenvalue weighted by Crippen LogP contribution is -2.38. The normalized spacial score (nSPS) is 18.8. The summed E-state index contributed by atoms with van der Waals surface area (Å²) in [4.78, 5) is 12.1. The predicted octanol–water partition coefficient (Wildman–Crippen LogP) is 2.00. The fraction of sp³-hybridized carbons (Fsp3) is 0.533. The van der Waals surface area contributed by atoms with Crippen LogP contribution in [0, 0.1) is 5.92 Å². The summed E-state index contributed by atoms with van der Waals surface area (Å²) in [6, 6.07) is 7.84. The molecule has 5 heteroatoms. The maximum absolute atomic E-state index is 12.1. The minimum atomic E-state index is -0.124. The quantitative estimate of drug-likeness (QED) is 0.817. The van der Waals surface area contributed by atoms with Crippen molar-refractivity contribution >= 4 is 17.5 Å². The molecule has 1 aromatic carbocycles. The third kappa shape index (κ3) is 4.12. The molecule has 1 aliphatic heterocycles. The van der Waals surface area contributed by atoms with Gasteiger partial charge in [0.05, 0.1) is 17.9 Å². The zero-order chi connectivity index (χ0) is 14.4. The zero-order valence-electron chi connectivity index (χ0n) is 11.6. The van der Waals surface area contributed by atoms with Gasteiger partial charge in [-0.15, -0.1) is 11.6 Å². The van der Waals surface area contributed by atoms with Gasteiger partial charge in [0.25, 0.3) is 0 Å². The number of amides is 1. The fourth-order valence-corrected chi connectivity index (χ4v) is 2.49. The number of rotatable bonds is 6. The third-order valence-corrected chi connectivity index (χ3v) is 3.70. The Bertz CT molecular complexity index is 452. The second kappa shape index (κ2) is 7.50. The highest BCUT2D eigenvalue weighted by atomic mass is 35.5. The van der Waals surface area contributed by atoms with Gasteiger partial charge in [-0.2, -0.15) is 0 Å². The van der Waals surface area contributed by atoms with Crippen molar-refractivity contribution in [2.45, 2.75) is 18.2 Å². The number of carbonyl (C=O) groups excluding carboxylic acids is 1. The summed E-state index contributed by atoms with van der Waals surface area (Å²) in [7, 11) is 1.62. The van der Waals surface area contributed by atoms with Crippen LogP contribution in [0.25, 0.3) is 0 Å². The van der Waals surface area contributed by atoms with Gasteiger partial charge in [-0.3, -0.25) is 4.79 Å². The van der Waals surface area contributed by atoms with E-state index in [1.54, 1.807) is 7.11 Å². The van der Waals surface area contributed by atoms with Gasteiger partial charge in [0.2, 0.25) is 5.91 Å². The van der Waals surface area contributed by atoms with Crippen LogP contribution < -0.4 is 10.1 Å². The van der Waals surface area contributed by atoms with Gasteiger partial charge in [0.1, 0.15) is 12.4 Å². The highest BCUT2D eigenvalue weighted by Crippen LogP contribution is 2.26. The first-order valence-electron chi connectivity index (χ1n) is 6.82. The molecule has 2 unspecified atom stereocenters. The Morgan fingerprint density at radius 2 is 2.35 bits per heavy atom. The van der Waals surface area contributed by atoms with Crippen molar-refractivity contribution in [2.75, 3.05) is 26.9 Å². The first-order valence-corrected chi connectivity index (χ1v) is 7.25. The highest BCUT2D eigenvalue weighted by molar-refractivity contribution is 6.20. The molecule has 1 aliphatic rings. The lowest BCUT2D eigenvalue weighted by atomic mass is 9.96. The van der Waals surface area contributed by atoms with Crippen molar-refractivity contribution in [3.63, 3.8) is 0 Å². The minimum Gasteiger partial charge on any atom is -0.492 e. The number of fused-ring (bicyclic) bond motifs is 1. The van der Waals surface area contributed by atoms with E-state index in [2.05, 4.69) is 5.32 Å². The number of halogens is 1. The Morgan fingerprint density at radius 1 is 1.55 bits per heavy atom. The predicted molar refractivity (Wildman–Crippen MR) is 78.3 cm³/mol. The molecule has 2 atom stereocenters. The first-order chi connectivity index (χ1) is 9.70. The SMILES string of the molecule is COCC(Cl)CCNC(=O)C1COc2ccccc2C1. The van der Waals surface area contributed by atoms with E-state index in [1.165, 1.54) is 0 Å². The Labute approximate surface area is 124 Å². The van der Waals surface area contributed by atoms with Crippen LogP contribution in [0.4, 0.5) is 0 Å². The van der Waals surface area contributed by atoms with Crippen LogP contribution in [-0.4, -0.2) is 38.2 Å². The van der Waals surface area contributed by atoms with E-state index in [-0.39, 0.29) is 17.2 Å². The van der Waals surface area contributed by atoms with Crippen LogP contribution in [-0.2, 0) is 16.0 Å². The summed E-state index contributed by atoms with van der Waals surface area (Å²) in [5.41, 5.74) is 1.09. The lowest BCUT2D eigenvalue weighted by molar-refractivity contribution is -0.126. The number of para-hydroxylation sites is 1. The standard InChI is InChI=1S/C15H20ClNO3/c1-19-10-13(16)6-7-17-15(18)12-8-11-4-2-3-5-14(11)20-9-12/h2-5,12-13H,6-10H2,1H3,(H,17,18). The number of carbonyl (C=O) groups is 1. The van der Waals surface area contributed by atoms with Gasteiger partial charge in [-0.05, 0) is 24.5 Å². The van der Waals surface area contributed by atoms with Crippen molar-refractivity contribution in [3.05, 3.63) is 29.8 Å². The van der Waals surface area contributed by atoms with Gasteiger partial charge in [0, 0.05) is 13.7 Å². The largest absolute Gasteiger partial charge is 0.492 e. The van der Waals surface area contributed by atoms with Crippen molar-refractivity contribution in [3.8, 4) is 5.75 Å². The summed E-state index contributed by atoms with van der Waals surface area (Å²) in [5.74, 6) is 0.791. The Kier molecular flexibility index (Phi) is 5.68. The number of hydrogen-bond donors (Lipinski definition) is 1. The number of ether oxygens (including phenoxy) is 2. The molecular weight excluding hydrogens is 278 g/mol. The average molecular weight is 298 g/mol. The molecule has 1 heterocycles. The molecule has 0 bridgehead atoms. The second-order valence-corrected chi connectivity index (χ2v) is 5.57. The van der Waals surface area contributed by atoms with Gasteiger partial charge < -0.3 is 14.8 Å². The van der Waals surface area contributed by atoms with Crippen molar-refractivity contribution < 1.29 is 14.3 Å². The smallest absolute Gasteiger partial charge is 0.226 e. The minimum absolute atomic E-state index is 0.0285. The van der Waals surface area contributed by atoms with Crippen LogP contribution in [0.5, 0.6) is 5.75 Å². The van der Waals surface area contributed by atoms with E-state index in [4.69, 9.17) is 21.1 Å². The molecule has 0 aliphatic carbocycles. The molecule has 2 rings (SSSR count). The second-order valence-electron chi connectivity index (χ2n) is 4.95. The summed E-state index contributed by atoms with van der Waals surface area (Å²) in [5, 5.41) is 2.85. The molecule has 20 heavy (non-hydrogen) atoms. The molecule has 0 saturated carbocycles. The van der Waals surface area contributed by atoms with Gasteiger partial charge in [-0.25, -0.2) is 0 Å². The van der Waals surface area contributed by atoms with E-state index >= 15 is 0 Å². The molecule has 0 fully saturated rings. The van der Waals surface area contributed by atoms with Crippen molar-refractivity contribution in [2.24, 2.45) is 5.92 Å². The van der Waals surface area contributed by atoms with Gasteiger partial charge in [0.15, 0.2) is 0 Å². The first kappa shape index (κ1) is 15.1. The van der Waals surface area contributed by atoms with Crippen LogP contribution in [0.1, 0.15) is 12.0 Å². The Hall–Kier alpha value is -1.26. The number of nitrogens with one attached hydrogen (secondary N) is 1. The van der Waals surface area contributed by atoms with Crippen LogP contribution in [0.3, 0.4) is 0 Å². The maximum atomic E-state index is 12.1. The van der Waals surface area contributed by atoms with E-state index < -0.39 is 0 Å². The van der Waals surface area contributed by atoms with E-state index in [1.807, 2.05) is 24.3 Å². The monoisotopic (exact) mass is 297 g/mol. The topological polar surface area (TPSA) is 47.6 Å². The van der Waals surface area contributed by atoms with Gasteiger partial charge >= 0.3 is 0 Å². The summed E-state index contributed by atoms with van der Waals surface area (Å²) >= 11 is 6.02. The number of hydrogen-bond acceptors (Lipinski definition) is 3. The third-order valence-electron chi connectivity index (χ3n) is 3.35. The van der Waals surface area contributed by atoms with Crippen LogP contribution in [0.2, 0.25) is 0 Å². The van der Waals surface area contributed by atoms with Crippen molar-refractivity contribution in [1.82, 2.24) is 5.32 Å². The lowest BCUT2D eigenvalue weighted by Gasteiger charge is -2.24. The molecule has 0 spiro atoms. The number of methoxy groups -OCH3 is 1. The van der Waals surface area contributed by atoms with E-state index in [0.717, 1.165) is 17.7 Å². The maximum Gasteiger partial charge on any atom is 0.226 e. The zero-order valence-corrected chi connectivity index (χ0v) is 12.4. The molecule has 4 nitrogen and oxygen atoms in total. The molecular formula is C15H20ClNO3. The van der Waals surface area contributed by atoms with Gasteiger partial charge in [-0.1, -0.05) is 18.2 Å².